The van der Waals surface area contributed by atoms with Crippen molar-refractivity contribution in [2.45, 2.75) is 30.9 Å². The van der Waals surface area contributed by atoms with Gasteiger partial charge in [-0.25, -0.2) is 0 Å². The third-order valence-electron chi connectivity index (χ3n) is 7.52. The Balaban J connectivity index is 1.21. The number of amides is 1. The lowest BCUT2D eigenvalue weighted by atomic mass is 9.95. The Bertz CT molecular complexity index is 1190. The lowest BCUT2D eigenvalue weighted by molar-refractivity contribution is -0.131. The lowest BCUT2D eigenvalue weighted by Crippen LogP contribution is -2.45. The molecule has 1 fully saturated rings. The average Bonchev–Trinajstić information content (AvgIpc) is 2.94. The molecule has 0 aromatic heterocycles. The van der Waals surface area contributed by atoms with Crippen molar-refractivity contribution in [1.82, 2.24) is 9.80 Å². The fourth-order valence-electron chi connectivity index (χ4n) is 5.27. The predicted octanol–water partition coefficient (Wildman–Crippen LogP) is 5.01. The Labute approximate surface area is 225 Å². The molecule has 6 heteroatoms. The minimum Gasteiger partial charge on any atom is -0.496 e. The van der Waals surface area contributed by atoms with Crippen LogP contribution >= 0.6 is 11.8 Å². The standard InChI is InChI=1S/C31H37N3O2S/c1-32-16-18-33(19-17-32)29-12-13-30(36-2)27-14-15-34(21-28(27)29)31(35)20-24-8-10-26(11-9-24)23-37-22-25-6-4-3-5-7-25/h3-13H,14-23H2,1-2H3. The van der Waals surface area contributed by atoms with E-state index in [4.69, 9.17) is 4.74 Å². The van der Waals surface area contributed by atoms with Gasteiger partial charge in [0.2, 0.25) is 5.91 Å². The van der Waals surface area contributed by atoms with E-state index in [0.717, 1.165) is 62.0 Å². The van der Waals surface area contributed by atoms with Crippen LogP contribution in [0.4, 0.5) is 5.69 Å². The molecule has 0 spiro atoms. The van der Waals surface area contributed by atoms with E-state index < -0.39 is 0 Å². The highest BCUT2D eigenvalue weighted by atomic mass is 32.2. The van der Waals surface area contributed by atoms with Gasteiger partial charge in [0.1, 0.15) is 5.75 Å². The van der Waals surface area contributed by atoms with E-state index in [2.05, 4.69) is 83.6 Å². The van der Waals surface area contributed by atoms with Gasteiger partial charge in [-0.3, -0.25) is 4.79 Å². The van der Waals surface area contributed by atoms with Crippen molar-refractivity contribution >= 4 is 23.4 Å². The van der Waals surface area contributed by atoms with E-state index in [1.165, 1.54) is 27.9 Å². The maximum atomic E-state index is 13.3. The van der Waals surface area contributed by atoms with Crippen LogP contribution in [0.15, 0.2) is 66.7 Å². The number of piperazine rings is 1. The molecule has 0 N–H and O–H groups in total. The molecule has 0 aliphatic carbocycles. The van der Waals surface area contributed by atoms with Crippen LogP contribution in [0.1, 0.15) is 27.8 Å². The fraction of sp³-hybridized carbons (Fsp3) is 0.387. The summed E-state index contributed by atoms with van der Waals surface area (Å²) in [5.74, 6) is 3.13. The summed E-state index contributed by atoms with van der Waals surface area (Å²) < 4.78 is 5.70. The number of ether oxygens (including phenoxy) is 1. The first kappa shape index (κ1) is 25.7. The smallest absolute Gasteiger partial charge is 0.227 e. The highest BCUT2D eigenvalue weighted by Crippen LogP contribution is 2.36. The Hall–Kier alpha value is -2.96. The van der Waals surface area contributed by atoms with Gasteiger partial charge in [0.05, 0.1) is 13.5 Å². The van der Waals surface area contributed by atoms with Crippen molar-refractivity contribution in [2.75, 3.05) is 51.8 Å². The number of hydrogen-bond acceptors (Lipinski definition) is 5. The van der Waals surface area contributed by atoms with Crippen LogP contribution in [0, 0.1) is 0 Å². The van der Waals surface area contributed by atoms with Gasteiger partial charge in [-0.2, -0.15) is 11.8 Å². The number of carbonyl (C=O) groups is 1. The van der Waals surface area contributed by atoms with Gasteiger partial charge in [-0.1, -0.05) is 54.6 Å². The highest BCUT2D eigenvalue weighted by Gasteiger charge is 2.28. The Morgan fingerprint density at radius 2 is 1.49 bits per heavy atom. The second-order valence-corrected chi connectivity index (χ2v) is 11.1. The molecule has 5 nitrogen and oxygen atoms in total. The molecule has 2 aliphatic rings. The van der Waals surface area contributed by atoms with E-state index in [1.807, 2.05) is 16.7 Å². The van der Waals surface area contributed by atoms with Crippen LogP contribution in [0.5, 0.6) is 5.75 Å². The highest BCUT2D eigenvalue weighted by molar-refractivity contribution is 7.97. The summed E-state index contributed by atoms with van der Waals surface area (Å²) in [4.78, 5) is 20.2. The van der Waals surface area contributed by atoms with E-state index in [9.17, 15) is 4.79 Å². The van der Waals surface area contributed by atoms with Crippen molar-refractivity contribution in [3.8, 4) is 5.75 Å². The molecule has 5 rings (SSSR count). The number of hydrogen-bond donors (Lipinski definition) is 0. The Morgan fingerprint density at radius 1 is 0.811 bits per heavy atom. The van der Waals surface area contributed by atoms with Crippen molar-refractivity contribution in [2.24, 2.45) is 0 Å². The molecule has 0 saturated carbocycles. The molecule has 1 saturated heterocycles. The summed E-state index contributed by atoms with van der Waals surface area (Å²) >= 11 is 1.92. The summed E-state index contributed by atoms with van der Waals surface area (Å²) in [5.41, 5.74) is 7.52. The summed E-state index contributed by atoms with van der Waals surface area (Å²) in [5, 5.41) is 0. The van der Waals surface area contributed by atoms with Crippen LogP contribution in [-0.4, -0.2) is 62.6 Å². The molecule has 3 aromatic rings. The zero-order valence-electron chi connectivity index (χ0n) is 22.0. The molecule has 2 aliphatic heterocycles. The molecule has 2 heterocycles. The minimum absolute atomic E-state index is 0.198. The number of likely N-dealkylation sites (N-methyl/N-ethyl adjacent to an activating group) is 1. The molecule has 0 bridgehead atoms. The number of fused-ring (bicyclic) bond motifs is 1. The van der Waals surface area contributed by atoms with Crippen LogP contribution < -0.4 is 9.64 Å². The van der Waals surface area contributed by atoms with Gasteiger partial charge >= 0.3 is 0 Å². The predicted molar refractivity (Wildman–Crippen MR) is 153 cm³/mol. The van der Waals surface area contributed by atoms with Crippen molar-refractivity contribution < 1.29 is 9.53 Å². The monoisotopic (exact) mass is 515 g/mol. The third kappa shape index (κ3) is 6.31. The van der Waals surface area contributed by atoms with Crippen molar-refractivity contribution in [3.63, 3.8) is 0 Å². The number of anilines is 1. The first-order chi connectivity index (χ1) is 18.1. The molecule has 37 heavy (non-hydrogen) atoms. The number of carbonyl (C=O) groups excluding carboxylic acids is 1. The summed E-state index contributed by atoms with van der Waals surface area (Å²) in [6.45, 7) is 5.54. The number of benzene rings is 3. The Kier molecular flexibility index (Phi) is 8.37. The largest absolute Gasteiger partial charge is 0.496 e. The number of rotatable bonds is 8. The first-order valence-corrected chi connectivity index (χ1v) is 14.4. The second kappa shape index (κ2) is 12.1. The van der Waals surface area contributed by atoms with Gasteiger partial charge in [0, 0.05) is 67.6 Å². The van der Waals surface area contributed by atoms with Gasteiger partial charge < -0.3 is 19.4 Å². The first-order valence-electron chi connectivity index (χ1n) is 13.2. The number of nitrogens with zero attached hydrogens (tertiary/aromatic N) is 3. The zero-order chi connectivity index (χ0) is 25.6. The molecule has 0 unspecified atom stereocenters. The maximum Gasteiger partial charge on any atom is 0.227 e. The SMILES string of the molecule is COc1ccc(N2CCN(C)CC2)c2c1CCN(C(=O)Cc1ccc(CSCc3ccccc3)cc1)C2. The molecule has 1 amide bonds. The molecule has 194 valence electrons. The fourth-order valence-corrected chi connectivity index (χ4v) is 6.23. The van der Waals surface area contributed by atoms with Crippen molar-refractivity contribution in [3.05, 3.63) is 94.5 Å². The van der Waals surface area contributed by atoms with E-state index in [0.29, 0.717) is 13.0 Å². The van der Waals surface area contributed by atoms with Gasteiger partial charge in [-0.05, 0) is 42.3 Å². The number of thioether (sulfide) groups is 1. The number of methoxy groups -OCH3 is 1. The van der Waals surface area contributed by atoms with Gasteiger partial charge in [0.25, 0.3) is 0 Å². The summed E-state index contributed by atoms with van der Waals surface area (Å²) in [6, 6.07) is 23.4. The third-order valence-corrected chi connectivity index (χ3v) is 8.59. The van der Waals surface area contributed by atoms with E-state index in [1.54, 1.807) is 7.11 Å². The van der Waals surface area contributed by atoms with Crippen LogP contribution in [0.2, 0.25) is 0 Å². The Morgan fingerprint density at radius 3 is 2.19 bits per heavy atom. The molecule has 3 aromatic carbocycles. The maximum absolute atomic E-state index is 13.3. The van der Waals surface area contributed by atoms with Crippen LogP contribution in [0.25, 0.3) is 0 Å². The molecular formula is C31H37N3O2S. The van der Waals surface area contributed by atoms with Crippen LogP contribution in [0.3, 0.4) is 0 Å². The van der Waals surface area contributed by atoms with Gasteiger partial charge in [0.15, 0.2) is 0 Å². The van der Waals surface area contributed by atoms with E-state index in [-0.39, 0.29) is 5.91 Å². The quantitative estimate of drug-likeness (QED) is 0.422. The molecule has 0 radical (unpaired) electrons. The summed E-state index contributed by atoms with van der Waals surface area (Å²) in [6.07, 6.45) is 1.28. The van der Waals surface area contributed by atoms with Crippen molar-refractivity contribution in [1.29, 1.82) is 0 Å². The zero-order valence-corrected chi connectivity index (χ0v) is 22.8. The minimum atomic E-state index is 0.198. The second-order valence-electron chi connectivity index (χ2n) is 10.1. The molecule has 0 atom stereocenters. The van der Waals surface area contributed by atoms with E-state index >= 15 is 0 Å². The molecular weight excluding hydrogens is 478 g/mol. The lowest BCUT2D eigenvalue weighted by Gasteiger charge is -2.38. The van der Waals surface area contributed by atoms with Crippen LogP contribution in [-0.2, 0) is 35.7 Å². The van der Waals surface area contributed by atoms with Gasteiger partial charge in [-0.15, -0.1) is 0 Å². The topological polar surface area (TPSA) is 36.0 Å². The summed E-state index contributed by atoms with van der Waals surface area (Å²) in [7, 11) is 3.92. The normalized spacial score (nSPS) is 15.9. The average molecular weight is 516 g/mol.